The van der Waals surface area contributed by atoms with Gasteiger partial charge in [-0.05, 0) is 35.7 Å². The summed E-state index contributed by atoms with van der Waals surface area (Å²) in [7, 11) is 3.97. The van der Waals surface area contributed by atoms with E-state index in [0.29, 0.717) is 12.0 Å². The van der Waals surface area contributed by atoms with Gasteiger partial charge in [-0.1, -0.05) is 12.1 Å². The molecule has 4 rings (SSSR count). The van der Waals surface area contributed by atoms with E-state index in [1.54, 1.807) is 18.5 Å². The monoisotopic (exact) mass is 391 g/mol. The summed E-state index contributed by atoms with van der Waals surface area (Å²) in [6.45, 7) is 0. The lowest BCUT2D eigenvalue weighted by atomic mass is 9.83. The molecule has 148 valence electrons. The number of hydrogen-bond acceptors (Lipinski definition) is 6. The molecule has 1 aliphatic rings. The van der Waals surface area contributed by atoms with E-state index in [1.807, 2.05) is 43.3 Å². The zero-order valence-electron chi connectivity index (χ0n) is 16.1. The zero-order chi connectivity index (χ0) is 20.5. The maximum atomic E-state index is 13.1. The van der Waals surface area contributed by atoms with Gasteiger partial charge in [-0.2, -0.15) is 0 Å². The van der Waals surface area contributed by atoms with E-state index in [2.05, 4.69) is 10.3 Å². The van der Waals surface area contributed by atoms with E-state index in [1.165, 1.54) is 23.0 Å². The van der Waals surface area contributed by atoms with Crippen LogP contribution in [-0.2, 0) is 0 Å². The molecule has 2 unspecified atom stereocenters. The highest BCUT2D eigenvalue weighted by atomic mass is 16.6. The molecule has 0 bridgehead atoms. The molecule has 29 heavy (non-hydrogen) atoms. The predicted molar refractivity (Wildman–Crippen MR) is 110 cm³/mol. The number of aromatic nitrogens is 2. The Balaban J connectivity index is 1.73. The number of benzene rings is 2. The summed E-state index contributed by atoms with van der Waals surface area (Å²) in [4.78, 5) is 29.9. The first kappa shape index (κ1) is 18.7. The van der Waals surface area contributed by atoms with Crippen molar-refractivity contribution in [2.45, 2.75) is 18.4 Å². The van der Waals surface area contributed by atoms with Crippen molar-refractivity contribution in [2.75, 3.05) is 24.3 Å². The Morgan fingerprint density at radius 1 is 1.24 bits per heavy atom. The van der Waals surface area contributed by atoms with Gasteiger partial charge in [-0.3, -0.25) is 19.5 Å². The van der Waals surface area contributed by atoms with Gasteiger partial charge < -0.3 is 10.2 Å². The Morgan fingerprint density at radius 2 is 2.00 bits per heavy atom. The van der Waals surface area contributed by atoms with Gasteiger partial charge in [-0.25, -0.2) is 4.98 Å². The second-order valence-electron chi connectivity index (χ2n) is 7.31. The van der Waals surface area contributed by atoms with Crippen LogP contribution >= 0.6 is 0 Å². The molecular formula is C21H21N5O3. The number of fused-ring (bicyclic) bond motifs is 1. The Kier molecular flexibility index (Phi) is 4.75. The fourth-order valence-electron chi connectivity index (χ4n) is 3.72. The van der Waals surface area contributed by atoms with Crippen LogP contribution < -0.4 is 10.2 Å². The van der Waals surface area contributed by atoms with Gasteiger partial charge >= 0.3 is 0 Å². The standard InChI is InChI=1S/C21H21N5O3/c1-24(2)15-5-3-14(4-6-15)20-12-18(21(27)25-10-9-22-13-25)17-11-16(26(28)29)7-8-19(17)23-20/h3-11,13,18,20,23H,12H2,1-2H3. The minimum Gasteiger partial charge on any atom is -0.378 e. The quantitative estimate of drug-likeness (QED) is 0.536. The van der Waals surface area contributed by atoms with E-state index in [0.717, 1.165) is 16.9 Å². The highest BCUT2D eigenvalue weighted by Gasteiger charge is 2.34. The van der Waals surface area contributed by atoms with Crippen molar-refractivity contribution in [3.05, 3.63) is 82.4 Å². The van der Waals surface area contributed by atoms with E-state index in [-0.39, 0.29) is 17.6 Å². The van der Waals surface area contributed by atoms with Crippen molar-refractivity contribution in [1.82, 2.24) is 9.55 Å². The summed E-state index contributed by atoms with van der Waals surface area (Å²) >= 11 is 0. The largest absolute Gasteiger partial charge is 0.378 e. The number of nitrogens with zero attached hydrogens (tertiary/aromatic N) is 4. The fourth-order valence-corrected chi connectivity index (χ4v) is 3.72. The van der Waals surface area contributed by atoms with Crippen LogP contribution in [0.4, 0.5) is 17.1 Å². The van der Waals surface area contributed by atoms with Gasteiger partial charge in [0.1, 0.15) is 6.33 Å². The Hall–Kier alpha value is -3.68. The first-order valence-electron chi connectivity index (χ1n) is 9.28. The average molecular weight is 391 g/mol. The van der Waals surface area contributed by atoms with Crippen LogP contribution in [-0.4, -0.2) is 34.5 Å². The first-order valence-corrected chi connectivity index (χ1v) is 9.28. The summed E-state index contributed by atoms with van der Waals surface area (Å²) in [6.07, 6.45) is 5.10. The fraction of sp³-hybridized carbons (Fsp3) is 0.238. The molecule has 1 aromatic heterocycles. The maximum Gasteiger partial charge on any atom is 0.269 e. The molecule has 2 heterocycles. The lowest BCUT2D eigenvalue weighted by Gasteiger charge is -2.33. The molecule has 0 fully saturated rings. The topological polar surface area (TPSA) is 93.3 Å². The highest BCUT2D eigenvalue weighted by Crippen LogP contribution is 2.42. The summed E-state index contributed by atoms with van der Waals surface area (Å²) in [5.74, 6) is -0.667. The van der Waals surface area contributed by atoms with Crippen LogP contribution in [0.25, 0.3) is 0 Å². The minimum atomic E-state index is -0.515. The van der Waals surface area contributed by atoms with E-state index < -0.39 is 10.8 Å². The van der Waals surface area contributed by atoms with Crippen LogP contribution in [0, 0.1) is 10.1 Å². The van der Waals surface area contributed by atoms with Crippen molar-refractivity contribution in [3.63, 3.8) is 0 Å². The van der Waals surface area contributed by atoms with Crippen LogP contribution in [0.15, 0.2) is 61.2 Å². The second-order valence-corrected chi connectivity index (χ2v) is 7.31. The molecule has 3 aromatic rings. The third-order valence-corrected chi connectivity index (χ3v) is 5.29. The van der Waals surface area contributed by atoms with Gasteiger partial charge in [0.2, 0.25) is 5.91 Å². The third kappa shape index (κ3) is 3.56. The predicted octanol–water partition coefficient (Wildman–Crippen LogP) is 3.84. The third-order valence-electron chi connectivity index (χ3n) is 5.29. The van der Waals surface area contributed by atoms with Crippen LogP contribution in [0.3, 0.4) is 0 Å². The lowest BCUT2D eigenvalue weighted by Crippen LogP contribution is -2.29. The number of carbonyl (C=O) groups is 1. The molecule has 2 aromatic carbocycles. The second kappa shape index (κ2) is 7.38. The SMILES string of the molecule is CN(C)c1ccc(C2CC(C(=O)n3ccnc3)c3cc([N+](=O)[O-])ccc3N2)cc1. The van der Waals surface area contributed by atoms with Gasteiger partial charge in [0, 0.05) is 50.0 Å². The van der Waals surface area contributed by atoms with Crippen molar-refractivity contribution in [1.29, 1.82) is 0 Å². The Morgan fingerprint density at radius 3 is 2.62 bits per heavy atom. The molecule has 0 aliphatic carbocycles. The number of carbonyl (C=O) groups excluding carboxylic acids is 1. The number of hydrogen-bond donors (Lipinski definition) is 1. The van der Waals surface area contributed by atoms with Crippen molar-refractivity contribution in [2.24, 2.45) is 0 Å². The van der Waals surface area contributed by atoms with Crippen molar-refractivity contribution < 1.29 is 9.72 Å². The summed E-state index contributed by atoms with van der Waals surface area (Å²) in [6, 6.07) is 12.7. The molecule has 0 radical (unpaired) electrons. The maximum absolute atomic E-state index is 13.1. The number of anilines is 2. The Labute approximate surface area is 167 Å². The van der Waals surface area contributed by atoms with E-state index >= 15 is 0 Å². The molecule has 2 atom stereocenters. The number of rotatable bonds is 4. The minimum absolute atomic E-state index is 0.0252. The number of nitrogens with one attached hydrogen (secondary N) is 1. The average Bonchev–Trinajstić information content (AvgIpc) is 3.27. The van der Waals surface area contributed by atoms with Crippen LogP contribution in [0.1, 0.15) is 34.3 Å². The lowest BCUT2D eigenvalue weighted by molar-refractivity contribution is -0.384. The summed E-state index contributed by atoms with van der Waals surface area (Å²) in [5.41, 5.74) is 3.50. The zero-order valence-corrected chi connectivity index (χ0v) is 16.1. The molecule has 8 nitrogen and oxygen atoms in total. The van der Waals surface area contributed by atoms with Crippen molar-refractivity contribution >= 4 is 23.0 Å². The summed E-state index contributed by atoms with van der Waals surface area (Å²) < 4.78 is 1.44. The molecule has 0 saturated heterocycles. The molecule has 8 heteroatoms. The molecule has 0 amide bonds. The summed E-state index contributed by atoms with van der Waals surface area (Å²) in [5, 5.41) is 14.7. The first-order chi connectivity index (χ1) is 13.9. The van der Waals surface area contributed by atoms with Gasteiger partial charge in [0.25, 0.3) is 5.69 Å². The molecule has 1 aliphatic heterocycles. The molecular weight excluding hydrogens is 370 g/mol. The van der Waals surface area contributed by atoms with E-state index in [9.17, 15) is 14.9 Å². The van der Waals surface area contributed by atoms with Crippen molar-refractivity contribution in [3.8, 4) is 0 Å². The number of imidazole rings is 1. The Bertz CT molecular complexity index is 1040. The van der Waals surface area contributed by atoms with Gasteiger partial charge in [0.05, 0.1) is 16.9 Å². The van der Waals surface area contributed by atoms with Gasteiger partial charge in [0.15, 0.2) is 0 Å². The number of nitro groups is 1. The molecule has 0 saturated carbocycles. The smallest absolute Gasteiger partial charge is 0.269 e. The molecule has 0 spiro atoms. The highest BCUT2D eigenvalue weighted by molar-refractivity contribution is 5.88. The van der Waals surface area contributed by atoms with Gasteiger partial charge in [-0.15, -0.1) is 0 Å². The van der Waals surface area contributed by atoms with Crippen LogP contribution in [0.2, 0.25) is 0 Å². The van der Waals surface area contributed by atoms with Crippen LogP contribution in [0.5, 0.6) is 0 Å². The number of non-ortho nitro benzene ring substituents is 1. The number of nitro benzene ring substituents is 1. The normalized spacial score (nSPS) is 17.9. The van der Waals surface area contributed by atoms with E-state index in [4.69, 9.17) is 0 Å². The molecule has 1 N–H and O–H groups in total.